The molecule has 0 spiro atoms. The van der Waals surface area contributed by atoms with Gasteiger partial charge in [-0.05, 0) is 37.5 Å². The van der Waals surface area contributed by atoms with Gasteiger partial charge in [0.2, 0.25) is 0 Å². The quantitative estimate of drug-likeness (QED) is 0.745. The lowest BCUT2D eigenvalue weighted by molar-refractivity contribution is 0.617. The van der Waals surface area contributed by atoms with Crippen LogP contribution >= 0.6 is 0 Å². The molecule has 2 heteroatoms. The number of pyridine rings is 1. The van der Waals surface area contributed by atoms with Gasteiger partial charge in [0, 0.05) is 12.2 Å². The maximum atomic E-state index is 4.35. The van der Waals surface area contributed by atoms with Gasteiger partial charge in [0.1, 0.15) is 5.82 Å². The van der Waals surface area contributed by atoms with E-state index in [-0.39, 0.29) is 0 Å². The van der Waals surface area contributed by atoms with Crippen molar-refractivity contribution in [2.75, 3.05) is 5.32 Å². The van der Waals surface area contributed by atoms with Crippen molar-refractivity contribution < 1.29 is 0 Å². The molecule has 1 aromatic rings. The molecule has 1 aliphatic carbocycles. The molecule has 1 heterocycles. The first-order valence-corrected chi connectivity index (χ1v) is 6.04. The number of nitrogens with one attached hydrogen (secondary N) is 1. The van der Waals surface area contributed by atoms with E-state index in [1.807, 2.05) is 12.3 Å². The van der Waals surface area contributed by atoms with Gasteiger partial charge < -0.3 is 5.32 Å². The Morgan fingerprint density at radius 1 is 1.20 bits per heavy atom. The van der Waals surface area contributed by atoms with Crippen LogP contribution in [0, 0.1) is 6.92 Å². The van der Waals surface area contributed by atoms with Crippen LogP contribution in [-0.2, 0) is 0 Å². The first kappa shape index (κ1) is 10.5. The topological polar surface area (TPSA) is 24.9 Å². The Labute approximate surface area is 92.1 Å². The normalized spacial score (nSPS) is 18.5. The monoisotopic (exact) mass is 204 g/mol. The number of aryl methyl sites for hydroxylation is 1. The third-order valence-corrected chi connectivity index (χ3v) is 3.12. The molecular formula is C13H20N2. The fourth-order valence-electron chi connectivity index (χ4n) is 2.25. The van der Waals surface area contributed by atoms with Crippen molar-refractivity contribution in [2.24, 2.45) is 0 Å². The summed E-state index contributed by atoms with van der Waals surface area (Å²) in [5.41, 5.74) is 1.28. The Bertz CT molecular complexity index is 301. The standard InChI is InChI=1S/C13H20N2/c1-11-8-9-14-13(10-11)15-12-6-4-2-3-5-7-12/h8-10,12H,2-7H2,1H3,(H,14,15). The maximum absolute atomic E-state index is 4.35. The van der Waals surface area contributed by atoms with Crippen molar-refractivity contribution in [1.29, 1.82) is 0 Å². The fourth-order valence-corrected chi connectivity index (χ4v) is 2.25. The van der Waals surface area contributed by atoms with Crippen molar-refractivity contribution >= 4 is 5.82 Å². The van der Waals surface area contributed by atoms with Crippen molar-refractivity contribution in [3.63, 3.8) is 0 Å². The van der Waals surface area contributed by atoms with Crippen LogP contribution in [0.1, 0.15) is 44.1 Å². The molecule has 0 unspecified atom stereocenters. The van der Waals surface area contributed by atoms with E-state index in [0.29, 0.717) is 6.04 Å². The van der Waals surface area contributed by atoms with Crippen LogP contribution in [0.2, 0.25) is 0 Å². The molecule has 2 nitrogen and oxygen atoms in total. The Hall–Kier alpha value is -1.05. The molecule has 0 bridgehead atoms. The molecular weight excluding hydrogens is 184 g/mol. The van der Waals surface area contributed by atoms with Crippen LogP contribution in [0.3, 0.4) is 0 Å². The minimum atomic E-state index is 0.641. The Morgan fingerprint density at radius 3 is 2.60 bits per heavy atom. The predicted molar refractivity (Wildman–Crippen MR) is 64.1 cm³/mol. The number of hydrogen-bond donors (Lipinski definition) is 1. The highest BCUT2D eigenvalue weighted by Gasteiger charge is 2.11. The van der Waals surface area contributed by atoms with Gasteiger partial charge in [-0.3, -0.25) is 0 Å². The lowest BCUT2D eigenvalue weighted by Crippen LogP contribution is -2.18. The third-order valence-electron chi connectivity index (χ3n) is 3.12. The average Bonchev–Trinajstić information content (AvgIpc) is 2.46. The molecule has 0 saturated heterocycles. The second-order valence-corrected chi connectivity index (χ2v) is 4.55. The second kappa shape index (κ2) is 5.15. The second-order valence-electron chi connectivity index (χ2n) is 4.55. The zero-order valence-corrected chi connectivity index (χ0v) is 9.50. The molecule has 1 fully saturated rings. The molecule has 2 rings (SSSR count). The summed E-state index contributed by atoms with van der Waals surface area (Å²) in [4.78, 5) is 4.35. The van der Waals surface area contributed by atoms with E-state index in [4.69, 9.17) is 0 Å². The smallest absolute Gasteiger partial charge is 0.126 e. The van der Waals surface area contributed by atoms with Gasteiger partial charge >= 0.3 is 0 Å². The zero-order valence-electron chi connectivity index (χ0n) is 9.50. The molecule has 0 atom stereocenters. The van der Waals surface area contributed by atoms with E-state index < -0.39 is 0 Å². The molecule has 82 valence electrons. The molecule has 1 aromatic heterocycles. The highest BCUT2D eigenvalue weighted by molar-refractivity contribution is 5.37. The van der Waals surface area contributed by atoms with Gasteiger partial charge in [-0.2, -0.15) is 0 Å². The van der Waals surface area contributed by atoms with Gasteiger partial charge in [-0.25, -0.2) is 4.98 Å². The number of nitrogens with zero attached hydrogens (tertiary/aromatic N) is 1. The molecule has 0 aromatic carbocycles. The molecule has 0 radical (unpaired) electrons. The van der Waals surface area contributed by atoms with Crippen molar-refractivity contribution in [1.82, 2.24) is 4.98 Å². The SMILES string of the molecule is Cc1ccnc(NC2CCCCCC2)c1. The lowest BCUT2D eigenvalue weighted by Gasteiger charge is -2.16. The van der Waals surface area contributed by atoms with Gasteiger partial charge in [-0.1, -0.05) is 25.7 Å². The van der Waals surface area contributed by atoms with Crippen LogP contribution < -0.4 is 5.32 Å². The minimum Gasteiger partial charge on any atom is -0.367 e. The van der Waals surface area contributed by atoms with Crippen molar-refractivity contribution in [2.45, 2.75) is 51.5 Å². The first-order chi connectivity index (χ1) is 7.34. The van der Waals surface area contributed by atoms with E-state index in [0.717, 1.165) is 5.82 Å². The Kier molecular flexibility index (Phi) is 3.59. The third kappa shape index (κ3) is 3.22. The van der Waals surface area contributed by atoms with Crippen LogP contribution in [0.5, 0.6) is 0 Å². The zero-order chi connectivity index (χ0) is 10.5. The van der Waals surface area contributed by atoms with Crippen LogP contribution in [0.4, 0.5) is 5.82 Å². The molecule has 0 amide bonds. The summed E-state index contributed by atoms with van der Waals surface area (Å²) in [6.45, 7) is 2.11. The van der Waals surface area contributed by atoms with Crippen LogP contribution in [-0.4, -0.2) is 11.0 Å². The summed E-state index contributed by atoms with van der Waals surface area (Å²) in [5, 5.41) is 3.55. The summed E-state index contributed by atoms with van der Waals surface area (Å²) in [5.74, 6) is 1.04. The summed E-state index contributed by atoms with van der Waals surface area (Å²) >= 11 is 0. The lowest BCUT2D eigenvalue weighted by atomic mass is 10.1. The molecule has 1 N–H and O–H groups in total. The fraction of sp³-hybridized carbons (Fsp3) is 0.615. The van der Waals surface area contributed by atoms with Gasteiger partial charge in [0.25, 0.3) is 0 Å². The van der Waals surface area contributed by atoms with E-state index in [9.17, 15) is 0 Å². The Balaban J connectivity index is 1.95. The largest absolute Gasteiger partial charge is 0.367 e. The summed E-state index contributed by atoms with van der Waals surface area (Å²) in [7, 11) is 0. The predicted octanol–water partition coefficient (Wildman–Crippen LogP) is 3.52. The van der Waals surface area contributed by atoms with Gasteiger partial charge in [-0.15, -0.1) is 0 Å². The summed E-state index contributed by atoms with van der Waals surface area (Å²) < 4.78 is 0. The summed E-state index contributed by atoms with van der Waals surface area (Å²) in [6.07, 6.45) is 10.0. The highest BCUT2D eigenvalue weighted by atomic mass is 15.0. The summed E-state index contributed by atoms with van der Waals surface area (Å²) in [6, 6.07) is 4.81. The number of aromatic nitrogens is 1. The van der Waals surface area contributed by atoms with E-state index in [1.165, 1.54) is 44.1 Å². The average molecular weight is 204 g/mol. The Morgan fingerprint density at radius 2 is 1.93 bits per heavy atom. The molecule has 0 aliphatic heterocycles. The number of hydrogen-bond acceptors (Lipinski definition) is 2. The highest BCUT2D eigenvalue weighted by Crippen LogP contribution is 2.20. The maximum Gasteiger partial charge on any atom is 0.126 e. The molecule has 1 aliphatic rings. The molecule has 1 saturated carbocycles. The van der Waals surface area contributed by atoms with Gasteiger partial charge in [0.15, 0.2) is 0 Å². The van der Waals surface area contributed by atoms with Crippen LogP contribution in [0.25, 0.3) is 0 Å². The van der Waals surface area contributed by atoms with E-state index in [1.54, 1.807) is 0 Å². The van der Waals surface area contributed by atoms with Gasteiger partial charge in [0.05, 0.1) is 0 Å². The van der Waals surface area contributed by atoms with Crippen LogP contribution in [0.15, 0.2) is 18.3 Å². The van der Waals surface area contributed by atoms with Crippen molar-refractivity contribution in [3.8, 4) is 0 Å². The van der Waals surface area contributed by atoms with E-state index in [2.05, 4.69) is 23.3 Å². The number of anilines is 1. The van der Waals surface area contributed by atoms with Crippen molar-refractivity contribution in [3.05, 3.63) is 23.9 Å². The van der Waals surface area contributed by atoms with E-state index >= 15 is 0 Å². The molecule has 15 heavy (non-hydrogen) atoms. The minimum absolute atomic E-state index is 0.641. The first-order valence-electron chi connectivity index (χ1n) is 6.04. The number of rotatable bonds is 2.